The Labute approximate surface area is 134 Å². The third-order valence-electron chi connectivity index (χ3n) is 4.43. The van der Waals surface area contributed by atoms with Crippen molar-refractivity contribution in [1.29, 1.82) is 0 Å². The summed E-state index contributed by atoms with van der Waals surface area (Å²) >= 11 is 0. The zero-order valence-corrected chi connectivity index (χ0v) is 14.9. The van der Waals surface area contributed by atoms with E-state index in [0.29, 0.717) is 12.5 Å². The summed E-state index contributed by atoms with van der Waals surface area (Å²) in [6.45, 7) is 0.843. The van der Waals surface area contributed by atoms with Gasteiger partial charge in [0.15, 0.2) is 0 Å². The maximum atomic E-state index is 12.2. The molecule has 2 unspecified atom stereocenters. The van der Waals surface area contributed by atoms with Crippen LogP contribution in [0.3, 0.4) is 0 Å². The van der Waals surface area contributed by atoms with Gasteiger partial charge in [-0.15, -0.1) is 0 Å². The predicted molar refractivity (Wildman–Crippen MR) is 86.0 cm³/mol. The molecule has 2 aliphatic carbocycles. The Morgan fingerprint density at radius 1 is 1.05 bits per heavy atom. The molecule has 0 radical (unpaired) electrons. The van der Waals surface area contributed by atoms with Gasteiger partial charge in [0, 0.05) is 26.2 Å². The Morgan fingerprint density at radius 2 is 1.68 bits per heavy atom. The first-order valence-corrected chi connectivity index (χ1v) is 11.2. The highest BCUT2D eigenvalue weighted by molar-refractivity contribution is 7.88. The summed E-state index contributed by atoms with van der Waals surface area (Å²) < 4.78 is 53.9. The second-order valence-corrected chi connectivity index (χ2v) is 10.3. The van der Waals surface area contributed by atoms with Crippen LogP contribution >= 0.6 is 0 Å². The highest BCUT2D eigenvalue weighted by Gasteiger charge is 2.31. The third kappa shape index (κ3) is 5.77. The van der Waals surface area contributed by atoms with E-state index in [9.17, 15) is 16.8 Å². The lowest BCUT2D eigenvalue weighted by Crippen LogP contribution is -2.48. The molecule has 0 aromatic rings. The monoisotopic (exact) mass is 353 g/mol. The van der Waals surface area contributed by atoms with Gasteiger partial charge < -0.3 is 0 Å². The molecule has 2 N–H and O–H groups in total. The zero-order chi connectivity index (χ0) is 16.4. The van der Waals surface area contributed by atoms with E-state index in [1.54, 1.807) is 7.05 Å². The lowest BCUT2D eigenvalue weighted by Gasteiger charge is -2.32. The number of hydrogen-bond donors (Lipinski definition) is 2. The van der Waals surface area contributed by atoms with Crippen molar-refractivity contribution < 1.29 is 16.8 Å². The number of nitrogens with zero attached hydrogens (tertiary/aromatic N) is 1. The summed E-state index contributed by atoms with van der Waals surface area (Å²) in [5.41, 5.74) is 0. The molecule has 2 aliphatic rings. The Kier molecular flexibility index (Phi) is 5.87. The SMILES string of the molecule is CN(CC1CC1)S(=O)(=O)NCC1CCCCC1NS(C)(=O)=O. The van der Waals surface area contributed by atoms with Crippen LogP contribution in [0.1, 0.15) is 38.5 Å². The largest absolute Gasteiger partial charge is 0.279 e. The molecule has 0 saturated heterocycles. The van der Waals surface area contributed by atoms with Crippen molar-refractivity contribution >= 4 is 20.2 Å². The normalized spacial score (nSPS) is 27.2. The third-order valence-corrected chi connectivity index (χ3v) is 6.66. The van der Waals surface area contributed by atoms with Crippen molar-refractivity contribution in [3.63, 3.8) is 0 Å². The number of hydrogen-bond acceptors (Lipinski definition) is 4. The maximum absolute atomic E-state index is 12.2. The fourth-order valence-electron chi connectivity index (χ4n) is 2.97. The van der Waals surface area contributed by atoms with E-state index < -0.39 is 20.2 Å². The Morgan fingerprint density at radius 3 is 2.27 bits per heavy atom. The smallest absolute Gasteiger partial charge is 0.213 e. The average Bonchev–Trinajstić information content (AvgIpc) is 3.20. The zero-order valence-electron chi connectivity index (χ0n) is 13.3. The van der Waals surface area contributed by atoms with E-state index >= 15 is 0 Å². The number of sulfonamides is 1. The predicted octanol–water partition coefficient (Wildman–Crippen LogP) is 0.271. The van der Waals surface area contributed by atoms with Crippen LogP contribution in [0.2, 0.25) is 0 Å². The van der Waals surface area contributed by atoms with Gasteiger partial charge in [0.2, 0.25) is 10.0 Å². The fourth-order valence-corrected chi connectivity index (χ4v) is 4.88. The van der Waals surface area contributed by atoms with Crippen molar-refractivity contribution in [3.05, 3.63) is 0 Å². The van der Waals surface area contributed by atoms with Crippen LogP contribution in [-0.4, -0.2) is 53.6 Å². The summed E-state index contributed by atoms with van der Waals surface area (Å²) in [4.78, 5) is 0. The molecule has 0 heterocycles. The molecule has 2 fully saturated rings. The van der Waals surface area contributed by atoms with Crippen molar-refractivity contribution in [3.8, 4) is 0 Å². The van der Waals surface area contributed by atoms with Crippen LogP contribution in [0.4, 0.5) is 0 Å². The van der Waals surface area contributed by atoms with E-state index in [1.807, 2.05) is 0 Å². The van der Waals surface area contributed by atoms with E-state index in [0.717, 1.165) is 44.8 Å². The van der Waals surface area contributed by atoms with Crippen LogP contribution in [0.5, 0.6) is 0 Å². The van der Waals surface area contributed by atoms with E-state index in [-0.39, 0.29) is 18.5 Å². The van der Waals surface area contributed by atoms with E-state index in [1.165, 1.54) is 4.31 Å². The minimum Gasteiger partial charge on any atom is -0.213 e. The van der Waals surface area contributed by atoms with Gasteiger partial charge in [-0.25, -0.2) is 17.9 Å². The van der Waals surface area contributed by atoms with Crippen molar-refractivity contribution in [1.82, 2.24) is 13.7 Å². The molecule has 2 saturated carbocycles. The Bertz CT molecular complexity index is 572. The first-order chi connectivity index (χ1) is 10.2. The van der Waals surface area contributed by atoms with Gasteiger partial charge in [-0.3, -0.25) is 0 Å². The number of rotatable bonds is 8. The van der Waals surface area contributed by atoms with Gasteiger partial charge in [0.05, 0.1) is 6.26 Å². The van der Waals surface area contributed by atoms with Crippen LogP contribution < -0.4 is 9.44 Å². The quantitative estimate of drug-likeness (QED) is 0.655. The molecule has 130 valence electrons. The molecule has 9 heteroatoms. The summed E-state index contributed by atoms with van der Waals surface area (Å²) in [6, 6.07) is -0.180. The lowest BCUT2D eigenvalue weighted by atomic mass is 9.85. The summed E-state index contributed by atoms with van der Waals surface area (Å²) in [6.07, 6.45) is 6.92. The molecule has 2 rings (SSSR count). The Balaban J connectivity index is 1.89. The standard InChI is InChI=1S/C13H27N3O4S2/c1-16(10-11-7-8-11)22(19,20)14-9-12-5-3-4-6-13(12)15-21(2,17)18/h11-15H,3-10H2,1-2H3. The lowest BCUT2D eigenvalue weighted by molar-refractivity contribution is 0.288. The molecule has 0 aliphatic heterocycles. The van der Waals surface area contributed by atoms with Gasteiger partial charge >= 0.3 is 0 Å². The molecule has 2 atom stereocenters. The summed E-state index contributed by atoms with van der Waals surface area (Å²) in [5, 5.41) is 0. The van der Waals surface area contributed by atoms with Gasteiger partial charge in [0.1, 0.15) is 0 Å². The first kappa shape index (κ1) is 18.1. The minimum absolute atomic E-state index is 0.00701. The molecule has 0 aromatic heterocycles. The number of nitrogens with one attached hydrogen (secondary N) is 2. The second-order valence-electron chi connectivity index (χ2n) is 6.62. The van der Waals surface area contributed by atoms with Gasteiger partial charge in [-0.2, -0.15) is 12.7 Å². The first-order valence-electron chi connectivity index (χ1n) is 7.85. The van der Waals surface area contributed by atoms with Gasteiger partial charge in [-0.1, -0.05) is 12.8 Å². The van der Waals surface area contributed by atoms with Crippen molar-refractivity contribution in [2.45, 2.75) is 44.6 Å². The summed E-state index contributed by atoms with van der Waals surface area (Å²) in [7, 11) is -5.16. The van der Waals surface area contributed by atoms with E-state index in [4.69, 9.17) is 0 Å². The topological polar surface area (TPSA) is 95.6 Å². The Hall–Kier alpha value is -0.220. The molecule has 0 spiro atoms. The molecule has 0 amide bonds. The van der Waals surface area contributed by atoms with Gasteiger partial charge in [0.25, 0.3) is 10.2 Å². The second kappa shape index (κ2) is 7.12. The molecular weight excluding hydrogens is 326 g/mol. The van der Waals surface area contributed by atoms with Crippen molar-refractivity contribution in [2.24, 2.45) is 11.8 Å². The van der Waals surface area contributed by atoms with Crippen LogP contribution in [0, 0.1) is 11.8 Å². The van der Waals surface area contributed by atoms with Crippen LogP contribution in [0.15, 0.2) is 0 Å². The highest BCUT2D eigenvalue weighted by atomic mass is 32.2. The fraction of sp³-hybridized carbons (Fsp3) is 1.00. The maximum Gasteiger partial charge on any atom is 0.279 e. The van der Waals surface area contributed by atoms with Crippen LogP contribution in [-0.2, 0) is 20.2 Å². The molecule has 22 heavy (non-hydrogen) atoms. The average molecular weight is 354 g/mol. The minimum atomic E-state index is -3.48. The molecule has 7 nitrogen and oxygen atoms in total. The van der Waals surface area contributed by atoms with E-state index in [2.05, 4.69) is 9.44 Å². The van der Waals surface area contributed by atoms with Gasteiger partial charge in [-0.05, 0) is 37.5 Å². The van der Waals surface area contributed by atoms with Crippen LogP contribution in [0.25, 0.3) is 0 Å². The molecular formula is C13H27N3O4S2. The molecule has 0 bridgehead atoms. The highest BCUT2D eigenvalue weighted by Crippen LogP contribution is 2.30. The summed E-state index contributed by atoms with van der Waals surface area (Å²) in [5.74, 6) is 0.503. The van der Waals surface area contributed by atoms with Crippen molar-refractivity contribution in [2.75, 3.05) is 26.4 Å². The molecule has 0 aromatic carbocycles.